The molecule has 0 aliphatic carbocycles. The van der Waals surface area contributed by atoms with Crippen molar-refractivity contribution in [3.05, 3.63) is 46.1 Å². The normalized spacial score (nSPS) is 11.1. The first-order valence-corrected chi connectivity index (χ1v) is 8.10. The van der Waals surface area contributed by atoms with Gasteiger partial charge in [0.2, 0.25) is 5.91 Å². The summed E-state index contributed by atoms with van der Waals surface area (Å²) in [5.74, 6) is 0.756. The minimum Gasteiger partial charge on any atom is -0.354 e. The molecule has 0 saturated heterocycles. The van der Waals surface area contributed by atoms with E-state index in [9.17, 15) is 4.79 Å². The van der Waals surface area contributed by atoms with E-state index in [0.29, 0.717) is 13.0 Å². The van der Waals surface area contributed by atoms with E-state index < -0.39 is 0 Å². The maximum Gasteiger partial charge on any atom is 0.241 e. The number of amides is 1. The molecule has 23 heavy (non-hydrogen) atoms. The average Bonchev–Trinajstić information content (AvgIpc) is 3.05. The number of rotatable bonds is 5. The Morgan fingerprint density at radius 1 is 1.30 bits per heavy atom. The highest BCUT2D eigenvalue weighted by molar-refractivity contribution is 9.10. The molecular weight excluding hydrogens is 360 g/mol. The van der Waals surface area contributed by atoms with Crippen molar-refractivity contribution >= 4 is 27.5 Å². The lowest BCUT2D eigenvalue weighted by Crippen LogP contribution is -2.30. The van der Waals surface area contributed by atoms with Gasteiger partial charge in [-0.1, -0.05) is 6.07 Å². The number of aryl methyl sites for hydroxylation is 1. The first-order chi connectivity index (χ1) is 11.1. The van der Waals surface area contributed by atoms with Gasteiger partial charge in [0.25, 0.3) is 0 Å². The number of halogens is 1. The predicted molar refractivity (Wildman–Crippen MR) is 89.1 cm³/mol. The van der Waals surface area contributed by atoms with Crippen LogP contribution in [0.25, 0.3) is 5.65 Å². The molecular formula is C15H17BrN6O. The van der Waals surface area contributed by atoms with Crippen LogP contribution in [0.15, 0.2) is 28.9 Å². The van der Waals surface area contributed by atoms with E-state index in [1.165, 1.54) is 0 Å². The minimum absolute atomic E-state index is 0.0723. The number of carbonyl (C=O) groups is 1. The zero-order valence-electron chi connectivity index (χ0n) is 13.0. The van der Waals surface area contributed by atoms with Crippen molar-refractivity contribution in [2.45, 2.75) is 26.8 Å². The summed E-state index contributed by atoms with van der Waals surface area (Å²) < 4.78 is 4.56. The van der Waals surface area contributed by atoms with Gasteiger partial charge in [0.15, 0.2) is 5.65 Å². The first-order valence-electron chi connectivity index (χ1n) is 7.31. The van der Waals surface area contributed by atoms with Gasteiger partial charge in [-0.2, -0.15) is 5.10 Å². The second kappa shape index (κ2) is 6.49. The van der Waals surface area contributed by atoms with Crippen molar-refractivity contribution in [2.75, 3.05) is 6.54 Å². The Morgan fingerprint density at radius 3 is 2.87 bits per heavy atom. The van der Waals surface area contributed by atoms with Crippen LogP contribution in [-0.4, -0.2) is 36.8 Å². The lowest BCUT2D eigenvalue weighted by atomic mass is 10.3. The molecule has 7 nitrogen and oxygen atoms in total. The van der Waals surface area contributed by atoms with Crippen LogP contribution in [0.4, 0.5) is 0 Å². The van der Waals surface area contributed by atoms with Crippen LogP contribution in [0.2, 0.25) is 0 Å². The van der Waals surface area contributed by atoms with Gasteiger partial charge in [-0.15, -0.1) is 10.2 Å². The predicted octanol–water partition coefficient (Wildman–Crippen LogP) is 1.66. The quantitative estimate of drug-likeness (QED) is 0.734. The van der Waals surface area contributed by atoms with Crippen molar-refractivity contribution in [1.29, 1.82) is 0 Å². The number of aromatic nitrogens is 5. The van der Waals surface area contributed by atoms with Gasteiger partial charge in [-0.05, 0) is 41.9 Å². The number of hydrogen-bond donors (Lipinski definition) is 1. The van der Waals surface area contributed by atoms with Crippen LogP contribution >= 0.6 is 15.9 Å². The molecule has 0 saturated carbocycles. The summed E-state index contributed by atoms with van der Waals surface area (Å²) in [6.07, 6.45) is 2.54. The third kappa shape index (κ3) is 3.26. The van der Waals surface area contributed by atoms with Crippen LogP contribution in [0.1, 0.15) is 17.2 Å². The highest BCUT2D eigenvalue weighted by Crippen LogP contribution is 2.19. The van der Waals surface area contributed by atoms with E-state index in [0.717, 1.165) is 27.3 Å². The highest BCUT2D eigenvalue weighted by Gasteiger charge is 2.12. The van der Waals surface area contributed by atoms with E-state index in [2.05, 4.69) is 36.5 Å². The van der Waals surface area contributed by atoms with Gasteiger partial charge in [0.1, 0.15) is 12.4 Å². The molecule has 0 aliphatic heterocycles. The molecule has 1 N–H and O–H groups in total. The number of fused-ring (bicyclic) bond motifs is 1. The van der Waals surface area contributed by atoms with Crippen molar-refractivity contribution in [1.82, 2.24) is 29.7 Å². The molecule has 0 atom stereocenters. The molecule has 120 valence electrons. The van der Waals surface area contributed by atoms with E-state index in [4.69, 9.17) is 0 Å². The standard InChI is InChI=1S/C15H17BrN6O/c1-10-15(16)11(2)22(20-10)9-14(23)17-7-6-13-19-18-12-5-3-4-8-21(12)13/h3-5,8H,6-7,9H2,1-2H3,(H,17,23). The topological polar surface area (TPSA) is 77.1 Å². The van der Waals surface area contributed by atoms with Gasteiger partial charge >= 0.3 is 0 Å². The largest absolute Gasteiger partial charge is 0.354 e. The molecule has 0 bridgehead atoms. The summed E-state index contributed by atoms with van der Waals surface area (Å²) >= 11 is 3.46. The molecule has 3 rings (SSSR count). The minimum atomic E-state index is -0.0723. The van der Waals surface area contributed by atoms with Crippen LogP contribution in [-0.2, 0) is 17.8 Å². The van der Waals surface area contributed by atoms with E-state index in [1.807, 2.05) is 42.6 Å². The van der Waals surface area contributed by atoms with Crippen LogP contribution < -0.4 is 5.32 Å². The molecule has 3 aromatic heterocycles. The molecule has 3 aromatic rings. The fourth-order valence-corrected chi connectivity index (χ4v) is 2.68. The molecule has 0 spiro atoms. The van der Waals surface area contributed by atoms with Crippen LogP contribution in [0.3, 0.4) is 0 Å². The average molecular weight is 377 g/mol. The molecule has 0 unspecified atom stereocenters. The number of nitrogens with zero attached hydrogens (tertiary/aromatic N) is 5. The maximum absolute atomic E-state index is 12.0. The molecule has 0 radical (unpaired) electrons. The van der Waals surface area contributed by atoms with Gasteiger partial charge in [-0.25, -0.2) is 0 Å². The van der Waals surface area contributed by atoms with Gasteiger partial charge < -0.3 is 5.32 Å². The van der Waals surface area contributed by atoms with Gasteiger partial charge in [-0.3, -0.25) is 13.9 Å². The fourth-order valence-electron chi connectivity index (χ4n) is 2.40. The molecule has 0 aromatic carbocycles. The third-order valence-corrected chi connectivity index (χ3v) is 4.79. The second-order valence-corrected chi connectivity index (χ2v) is 6.08. The Bertz CT molecular complexity index is 853. The van der Waals surface area contributed by atoms with E-state index in [-0.39, 0.29) is 12.5 Å². The number of carbonyl (C=O) groups excluding carboxylic acids is 1. The van der Waals surface area contributed by atoms with Gasteiger partial charge in [0.05, 0.1) is 15.9 Å². The van der Waals surface area contributed by atoms with Crippen molar-refractivity contribution < 1.29 is 4.79 Å². The summed E-state index contributed by atoms with van der Waals surface area (Å²) in [5.41, 5.74) is 2.63. The fraction of sp³-hybridized carbons (Fsp3) is 0.333. The van der Waals surface area contributed by atoms with Crippen molar-refractivity contribution in [3.8, 4) is 0 Å². The number of nitrogens with one attached hydrogen (secondary N) is 1. The number of hydrogen-bond acceptors (Lipinski definition) is 4. The SMILES string of the molecule is Cc1nn(CC(=O)NCCc2nnc3ccccn23)c(C)c1Br. The lowest BCUT2D eigenvalue weighted by molar-refractivity contribution is -0.121. The summed E-state index contributed by atoms with van der Waals surface area (Å²) in [6.45, 7) is 4.55. The van der Waals surface area contributed by atoms with E-state index in [1.54, 1.807) is 4.68 Å². The Morgan fingerprint density at radius 2 is 2.13 bits per heavy atom. The molecule has 0 fully saturated rings. The monoisotopic (exact) mass is 376 g/mol. The molecule has 1 amide bonds. The zero-order chi connectivity index (χ0) is 16.4. The zero-order valence-corrected chi connectivity index (χ0v) is 14.5. The molecule has 8 heteroatoms. The highest BCUT2D eigenvalue weighted by atomic mass is 79.9. The Balaban J connectivity index is 1.56. The third-order valence-electron chi connectivity index (χ3n) is 3.64. The van der Waals surface area contributed by atoms with Crippen LogP contribution in [0, 0.1) is 13.8 Å². The van der Waals surface area contributed by atoms with E-state index >= 15 is 0 Å². The Labute approximate surface area is 141 Å². The summed E-state index contributed by atoms with van der Waals surface area (Å²) in [6, 6.07) is 5.75. The second-order valence-electron chi connectivity index (χ2n) is 5.29. The van der Waals surface area contributed by atoms with Crippen molar-refractivity contribution in [2.24, 2.45) is 0 Å². The summed E-state index contributed by atoms with van der Waals surface area (Å²) in [5, 5.41) is 15.5. The summed E-state index contributed by atoms with van der Waals surface area (Å²) in [7, 11) is 0. The molecule has 3 heterocycles. The summed E-state index contributed by atoms with van der Waals surface area (Å²) in [4.78, 5) is 12.0. The Kier molecular flexibility index (Phi) is 4.42. The smallest absolute Gasteiger partial charge is 0.241 e. The first kappa shape index (κ1) is 15.7. The lowest BCUT2D eigenvalue weighted by Gasteiger charge is -2.06. The number of pyridine rings is 1. The Hall–Kier alpha value is -2.22. The van der Waals surface area contributed by atoms with Crippen molar-refractivity contribution in [3.63, 3.8) is 0 Å². The van der Waals surface area contributed by atoms with Crippen LogP contribution in [0.5, 0.6) is 0 Å². The molecule has 0 aliphatic rings. The van der Waals surface area contributed by atoms with Gasteiger partial charge in [0, 0.05) is 19.2 Å². The maximum atomic E-state index is 12.0.